The van der Waals surface area contributed by atoms with E-state index in [9.17, 15) is 0 Å². The molecule has 0 N–H and O–H groups in total. The molecule has 0 bridgehead atoms. The van der Waals surface area contributed by atoms with E-state index >= 15 is 0 Å². The first-order valence-electron chi connectivity index (χ1n) is 8.15. The number of fused-ring (bicyclic) bond motifs is 1. The van der Waals surface area contributed by atoms with E-state index in [1.165, 1.54) is 5.56 Å². The molecule has 0 saturated heterocycles. The fourth-order valence-corrected chi connectivity index (χ4v) is 3.01. The summed E-state index contributed by atoms with van der Waals surface area (Å²) < 4.78 is 5.90. The molecule has 0 spiro atoms. The lowest BCUT2D eigenvalue weighted by Crippen LogP contribution is -2.34. The van der Waals surface area contributed by atoms with E-state index < -0.39 is 0 Å². The van der Waals surface area contributed by atoms with Crippen molar-refractivity contribution in [3.05, 3.63) is 59.5 Å². The highest BCUT2D eigenvalue weighted by molar-refractivity contribution is 5.51. The van der Waals surface area contributed by atoms with Gasteiger partial charge in [-0.1, -0.05) is 18.2 Å². The molecule has 122 valence electrons. The number of hydrogen-bond donors (Lipinski definition) is 0. The molecule has 0 fully saturated rings. The fourth-order valence-electron chi connectivity index (χ4n) is 3.01. The molecule has 0 radical (unpaired) electrons. The molecule has 1 aromatic carbocycles. The predicted octanol–water partition coefficient (Wildman–Crippen LogP) is 2.95. The van der Waals surface area contributed by atoms with Gasteiger partial charge in [0.2, 0.25) is 11.8 Å². The highest BCUT2D eigenvalue weighted by atomic mass is 16.4. The molecule has 3 aromatic rings. The Hall–Kier alpha value is -2.60. The summed E-state index contributed by atoms with van der Waals surface area (Å²) in [6.45, 7) is 5.74. The first-order valence-corrected chi connectivity index (χ1v) is 8.15. The summed E-state index contributed by atoms with van der Waals surface area (Å²) in [6.07, 6.45) is 2.89. The third-order valence-corrected chi connectivity index (χ3v) is 4.46. The van der Waals surface area contributed by atoms with Crippen molar-refractivity contribution in [2.75, 3.05) is 6.54 Å². The lowest BCUT2D eigenvalue weighted by atomic mass is 10.1. The van der Waals surface area contributed by atoms with Crippen molar-refractivity contribution in [3.8, 4) is 11.5 Å². The van der Waals surface area contributed by atoms with Gasteiger partial charge in [0.1, 0.15) is 5.82 Å². The van der Waals surface area contributed by atoms with Gasteiger partial charge in [-0.2, -0.15) is 0 Å². The molecule has 1 atom stereocenters. The Labute approximate surface area is 140 Å². The minimum Gasteiger partial charge on any atom is -0.419 e. The van der Waals surface area contributed by atoms with E-state index in [0.29, 0.717) is 11.8 Å². The van der Waals surface area contributed by atoms with Crippen molar-refractivity contribution >= 4 is 0 Å². The number of benzene rings is 1. The van der Waals surface area contributed by atoms with Crippen LogP contribution in [0, 0.1) is 6.92 Å². The maximum Gasteiger partial charge on any atom is 0.247 e. The first-order chi connectivity index (χ1) is 11.7. The van der Waals surface area contributed by atoms with Crippen molar-refractivity contribution in [3.63, 3.8) is 0 Å². The molecule has 6 nitrogen and oxygen atoms in total. The van der Waals surface area contributed by atoms with E-state index in [1.54, 1.807) is 0 Å². The van der Waals surface area contributed by atoms with Crippen LogP contribution in [-0.4, -0.2) is 31.6 Å². The molecule has 1 aliphatic rings. The largest absolute Gasteiger partial charge is 0.419 e. The van der Waals surface area contributed by atoms with Crippen LogP contribution in [0.25, 0.3) is 11.5 Å². The number of rotatable bonds is 3. The highest BCUT2D eigenvalue weighted by Gasteiger charge is 2.26. The summed E-state index contributed by atoms with van der Waals surface area (Å²) in [7, 11) is 0. The minimum absolute atomic E-state index is 0.0541. The smallest absolute Gasteiger partial charge is 0.247 e. The summed E-state index contributed by atoms with van der Waals surface area (Å²) in [5, 5.41) is 8.44. The topological polar surface area (TPSA) is 67.9 Å². The van der Waals surface area contributed by atoms with E-state index in [-0.39, 0.29) is 6.04 Å². The maximum absolute atomic E-state index is 5.90. The summed E-state index contributed by atoms with van der Waals surface area (Å²) >= 11 is 0. The zero-order valence-corrected chi connectivity index (χ0v) is 13.8. The second kappa shape index (κ2) is 6.13. The molecular weight excluding hydrogens is 302 g/mol. The Bertz CT molecular complexity index is 846. The van der Waals surface area contributed by atoms with E-state index in [4.69, 9.17) is 4.42 Å². The van der Waals surface area contributed by atoms with Gasteiger partial charge in [0, 0.05) is 24.8 Å². The van der Waals surface area contributed by atoms with Gasteiger partial charge in [-0.3, -0.25) is 4.90 Å². The van der Waals surface area contributed by atoms with Crippen LogP contribution >= 0.6 is 0 Å². The van der Waals surface area contributed by atoms with Crippen molar-refractivity contribution in [2.45, 2.75) is 32.9 Å². The van der Waals surface area contributed by atoms with E-state index in [1.807, 2.05) is 43.5 Å². The molecule has 0 unspecified atom stereocenters. The normalized spacial score (nSPS) is 15.9. The zero-order valence-electron chi connectivity index (χ0n) is 13.8. The van der Waals surface area contributed by atoms with Gasteiger partial charge < -0.3 is 4.42 Å². The standard InChI is InChI=1S/C18H19N5O/c1-12(17-21-22-18(24-17)14-6-4-3-5-7-14)23-9-8-15-10-19-13(2)20-16(15)11-23/h3-7,10,12H,8-9,11H2,1-2H3/t12-/m0/s1. The third kappa shape index (κ3) is 2.80. The zero-order chi connectivity index (χ0) is 16.5. The van der Waals surface area contributed by atoms with Crippen LogP contribution in [0.1, 0.15) is 35.9 Å². The van der Waals surface area contributed by atoms with Crippen molar-refractivity contribution in [2.24, 2.45) is 0 Å². The fraction of sp³-hybridized carbons (Fsp3) is 0.333. The Morgan fingerprint density at radius 1 is 1.17 bits per heavy atom. The van der Waals surface area contributed by atoms with Gasteiger partial charge in [-0.25, -0.2) is 9.97 Å². The summed E-state index contributed by atoms with van der Waals surface area (Å²) in [6, 6.07) is 9.90. The van der Waals surface area contributed by atoms with Crippen molar-refractivity contribution < 1.29 is 4.42 Å². The summed E-state index contributed by atoms with van der Waals surface area (Å²) in [4.78, 5) is 11.2. The average Bonchev–Trinajstić information content (AvgIpc) is 3.11. The van der Waals surface area contributed by atoms with Crippen molar-refractivity contribution in [1.82, 2.24) is 25.1 Å². The third-order valence-electron chi connectivity index (χ3n) is 4.46. The van der Waals surface area contributed by atoms with Crippen LogP contribution in [-0.2, 0) is 13.0 Å². The van der Waals surface area contributed by atoms with Crippen LogP contribution in [0.15, 0.2) is 40.9 Å². The molecule has 0 aliphatic carbocycles. The average molecular weight is 321 g/mol. The van der Waals surface area contributed by atoms with Crippen LogP contribution < -0.4 is 0 Å². The SMILES string of the molecule is Cc1ncc2c(n1)CN([C@@H](C)c1nnc(-c3ccccc3)o1)CC2. The summed E-state index contributed by atoms with van der Waals surface area (Å²) in [5.74, 6) is 2.02. The molecule has 4 rings (SSSR count). The molecule has 0 saturated carbocycles. The molecule has 6 heteroatoms. The molecule has 1 aliphatic heterocycles. The highest BCUT2D eigenvalue weighted by Crippen LogP contribution is 2.27. The number of nitrogens with zero attached hydrogens (tertiary/aromatic N) is 5. The number of aryl methyl sites for hydroxylation is 1. The Morgan fingerprint density at radius 3 is 2.83 bits per heavy atom. The number of aromatic nitrogens is 4. The van der Waals surface area contributed by atoms with Crippen molar-refractivity contribution in [1.29, 1.82) is 0 Å². The van der Waals surface area contributed by atoms with Crippen LogP contribution in [0.3, 0.4) is 0 Å². The van der Waals surface area contributed by atoms with Gasteiger partial charge in [0.05, 0.1) is 11.7 Å². The first kappa shape index (κ1) is 15.0. The molecular formula is C18H19N5O. The van der Waals surface area contributed by atoms with E-state index in [0.717, 1.165) is 36.6 Å². The quantitative estimate of drug-likeness (QED) is 0.739. The Balaban J connectivity index is 1.54. The van der Waals surface area contributed by atoms with Gasteiger partial charge in [0.25, 0.3) is 0 Å². The monoisotopic (exact) mass is 321 g/mol. The second-order valence-corrected chi connectivity index (χ2v) is 6.10. The molecule has 0 amide bonds. The Kier molecular flexibility index (Phi) is 3.82. The van der Waals surface area contributed by atoms with Gasteiger partial charge >= 0.3 is 0 Å². The van der Waals surface area contributed by atoms with Crippen LogP contribution in [0.4, 0.5) is 0 Å². The second-order valence-electron chi connectivity index (χ2n) is 6.10. The minimum atomic E-state index is 0.0541. The van der Waals surface area contributed by atoms with Gasteiger partial charge in [-0.15, -0.1) is 10.2 Å². The summed E-state index contributed by atoms with van der Waals surface area (Å²) in [5.41, 5.74) is 3.28. The predicted molar refractivity (Wildman–Crippen MR) is 89.0 cm³/mol. The number of hydrogen-bond acceptors (Lipinski definition) is 6. The van der Waals surface area contributed by atoms with Crippen LogP contribution in [0.2, 0.25) is 0 Å². The molecule has 24 heavy (non-hydrogen) atoms. The molecule has 2 aromatic heterocycles. The lowest BCUT2D eigenvalue weighted by Gasteiger charge is -2.31. The van der Waals surface area contributed by atoms with Crippen LogP contribution in [0.5, 0.6) is 0 Å². The maximum atomic E-state index is 5.90. The van der Waals surface area contributed by atoms with Gasteiger partial charge in [-0.05, 0) is 38.0 Å². The Morgan fingerprint density at radius 2 is 2.00 bits per heavy atom. The molecule has 3 heterocycles. The lowest BCUT2D eigenvalue weighted by molar-refractivity contribution is 0.164. The van der Waals surface area contributed by atoms with E-state index in [2.05, 4.69) is 32.0 Å². The van der Waals surface area contributed by atoms with Gasteiger partial charge in [0.15, 0.2) is 0 Å².